The van der Waals surface area contributed by atoms with Gasteiger partial charge in [0.15, 0.2) is 0 Å². The van der Waals surface area contributed by atoms with Crippen LogP contribution in [-0.2, 0) is 22.0 Å². The Morgan fingerprint density at radius 2 is 2.04 bits per heavy atom. The lowest BCUT2D eigenvalue weighted by Crippen LogP contribution is -2.46. The highest BCUT2D eigenvalue weighted by atomic mass is 32.2. The first-order chi connectivity index (χ1) is 11.5. The van der Waals surface area contributed by atoms with Crippen molar-refractivity contribution in [2.45, 2.75) is 29.7 Å². The molecule has 1 saturated heterocycles. The van der Waals surface area contributed by atoms with Crippen LogP contribution in [0.4, 0.5) is 5.69 Å². The molecule has 0 aliphatic carbocycles. The number of sulfonamides is 1. The first kappa shape index (κ1) is 16.1. The van der Waals surface area contributed by atoms with Crippen LogP contribution in [0.25, 0.3) is 0 Å². The Labute approximate surface area is 146 Å². The minimum absolute atomic E-state index is 0.0289. The van der Waals surface area contributed by atoms with Gasteiger partial charge in [-0.05, 0) is 41.5 Å². The van der Waals surface area contributed by atoms with Crippen molar-refractivity contribution in [1.82, 2.24) is 4.31 Å². The standard InChI is InChI=1S/C17H21N3O2S2/c18-10-13-1-2-16-15(9-13)17(12-19-16)4-6-20(7-5-17)24(21,22)14-3-8-23-11-14/h1-3,8-9,11,19H,4-7,10,12,18H2. The van der Waals surface area contributed by atoms with Crippen LogP contribution in [0.5, 0.6) is 0 Å². The fourth-order valence-electron chi connectivity index (χ4n) is 3.82. The Bertz CT molecular complexity index is 839. The Hall–Kier alpha value is -1.41. The molecule has 0 amide bonds. The average Bonchev–Trinajstić information content (AvgIpc) is 3.25. The topological polar surface area (TPSA) is 75.4 Å². The molecule has 7 heteroatoms. The maximum absolute atomic E-state index is 12.7. The molecule has 2 aliphatic rings. The van der Waals surface area contributed by atoms with Gasteiger partial charge in [0.25, 0.3) is 0 Å². The van der Waals surface area contributed by atoms with Crippen LogP contribution in [0, 0.1) is 0 Å². The van der Waals surface area contributed by atoms with Crippen molar-refractivity contribution >= 4 is 27.0 Å². The summed E-state index contributed by atoms with van der Waals surface area (Å²) in [5, 5.41) is 7.00. The second-order valence-electron chi connectivity index (χ2n) is 6.58. The summed E-state index contributed by atoms with van der Waals surface area (Å²) in [5.41, 5.74) is 9.42. The smallest absolute Gasteiger partial charge is 0.243 e. The van der Waals surface area contributed by atoms with Crippen molar-refractivity contribution in [2.24, 2.45) is 5.73 Å². The molecule has 24 heavy (non-hydrogen) atoms. The molecule has 4 rings (SSSR count). The van der Waals surface area contributed by atoms with E-state index in [0.29, 0.717) is 24.5 Å². The lowest BCUT2D eigenvalue weighted by atomic mass is 9.74. The molecule has 3 heterocycles. The average molecular weight is 364 g/mol. The van der Waals surface area contributed by atoms with Gasteiger partial charge in [-0.15, -0.1) is 0 Å². The van der Waals surface area contributed by atoms with Crippen molar-refractivity contribution in [3.63, 3.8) is 0 Å². The molecular weight excluding hydrogens is 342 g/mol. The number of piperidine rings is 1. The Kier molecular flexibility index (Phi) is 3.91. The summed E-state index contributed by atoms with van der Waals surface area (Å²) in [6, 6.07) is 8.03. The van der Waals surface area contributed by atoms with Crippen molar-refractivity contribution in [3.05, 3.63) is 46.2 Å². The zero-order chi connectivity index (χ0) is 16.8. The number of thiophene rings is 1. The summed E-state index contributed by atoms with van der Waals surface area (Å²) < 4.78 is 27.0. The molecule has 0 atom stereocenters. The van der Waals surface area contributed by atoms with Crippen LogP contribution < -0.4 is 11.1 Å². The van der Waals surface area contributed by atoms with Crippen molar-refractivity contribution < 1.29 is 8.42 Å². The van der Waals surface area contributed by atoms with E-state index < -0.39 is 10.0 Å². The summed E-state index contributed by atoms with van der Waals surface area (Å²) in [4.78, 5) is 0.416. The van der Waals surface area contributed by atoms with Gasteiger partial charge in [-0.1, -0.05) is 12.1 Å². The van der Waals surface area contributed by atoms with Crippen LogP contribution in [0.2, 0.25) is 0 Å². The number of rotatable bonds is 3. The normalized spacial score (nSPS) is 20.0. The number of nitrogens with zero attached hydrogens (tertiary/aromatic N) is 1. The summed E-state index contributed by atoms with van der Waals surface area (Å²) in [6.07, 6.45) is 1.68. The number of hydrogen-bond acceptors (Lipinski definition) is 5. The number of nitrogens with two attached hydrogens (primary N) is 1. The van der Waals surface area contributed by atoms with Gasteiger partial charge in [0.1, 0.15) is 0 Å². The molecule has 0 bridgehead atoms. The molecule has 1 spiro atoms. The Balaban J connectivity index is 1.58. The fraction of sp³-hybridized carbons (Fsp3) is 0.412. The number of anilines is 1. The molecule has 1 fully saturated rings. The molecule has 2 aliphatic heterocycles. The fourth-order valence-corrected chi connectivity index (χ4v) is 6.28. The molecule has 128 valence electrons. The minimum atomic E-state index is -3.35. The molecule has 1 aromatic heterocycles. The van der Waals surface area contributed by atoms with E-state index in [1.165, 1.54) is 22.6 Å². The summed E-state index contributed by atoms with van der Waals surface area (Å²) >= 11 is 1.42. The van der Waals surface area contributed by atoms with Gasteiger partial charge < -0.3 is 11.1 Å². The van der Waals surface area contributed by atoms with E-state index >= 15 is 0 Å². The molecule has 0 unspecified atom stereocenters. The number of fused-ring (bicyclic) bond motifs is 2. The van der Waals surface area contributed by atoms with Gasteiger partial charge in [0, 0.05) is 42.7 Å². The molecule has 0 radical (unpaired) electrons. The predicted octanol–water partition coefficient (Wildman–Crippen LogP) is 2.35. The second-order valence-corrected chi connectivity index (χ2v) is 9.30. The molecule has 0 saturated carbocycles. The third-order valence-corrected chi connectivity index (χ3v) is 8.05. The first-order valence-corrected chi connectivity index (χ1v) is 10.5. The Morgan fingerprint density at radius 3 is 2.71 bits per heavy atom. The van der Waals surface area contributed by atoms with E-state index in [-0.39, 0.29) is 5.41 Å². The lowest BCUT2D eigenvalue weighted by Gasteiger charge is -2.38. The molecule has 1 aromatic carbocycles. The van der Waals surface area contributed by atoms with E-state index in [1.54, 1.807) is 15.8 Å². The molecule has 5 nitrogen and oxygen atoms in total. The summed E-state index contributed by atoms with van der Waals surface area (Å²) in [7, 11) is -3.35. The van der Waals surface area contributed by atoms with Gasteiger partial charge in [-0.25, -0.2) is 8.42 Å². The monoisotopic (exact) mass is 363 g/mol. The third kappa shape index (κ3) is 2.47. The van der Waals surface area contributed by atoms with Crippen LogP contribution in [0.1, 0.15) is 24.0 Å². The highest BCUT2D eigenvalue weighted by Crippen LogP contribution is 2.45. The summed E-state index contributed by atoms with van der Waals surface area (Å²) in [5.74, 6) is 0. The quantitative estimate of drug-likeness (QED) is 0.878. The molecule has 3 N–H and O–H groups in total. The number of benzene rings is 1. The largest absolute Gasteiger partial charge is 0.384 e. The minimum Gasteiger partial charge on any atom is -0.384 e. The highest BCUT2D eigenvalue weighted by Gasteiger charge is 2.43. The van der Waals surface area contributed by atoms with Gasteiger partial charge in [0.05, 0.1) is 4.90 Å². The van der Waals surface area contributed by atoms with E-state index in [2.05, 4.69) is 23.5 Å². The first-order valence-electron chi connectivity index (χ1n) is 8.15. The predicted molar refractivity (Wildman–Crippen MR) is 96.8 cm³/mol. The van der Waals surface area contributed by atoms with Gasteiger partial charge in [0.2, 0.25) is 10.0 Å². The van der Waals surface area contributed by atoms with Crippen LogP contribution in [0.3, 0.4) is 0 Å². The van der Waals surface area contributed by atoms with Crippen molar-refractivity contribution in [2.75, 3.05) is 25.0 Å². The molecular formula is C17H21N3O2S2. The number of nitrogens with one attached hydrogen (secondary N) is 1. The van der Waals surface area contributed by atoms with Crippen molar-refractivity contribution in [1.29, 1.82) is 0 Å². The van der Waals surface area contributed by atoms with Crippen LogP contribution >= 0.6 is 11.3 Å². The van der Waals surface area contributed by atoms with Crippen molar-refractivity contribution in [3.8, 4) is 0 Å². The Morgan fingerprint density at radius 1 is 1.25 bits per heavy atom. The van der Waals surface area contributed by atoms with E-state index in [1.807, 2.05) is 5.38 Å². The SMILES string of the molecule is NCc1ccc2c(c1)C1(CCN(S(=O)(=O)c3ccsc3)CC1)CN2. The summed E-state index contributed by atoms with van der Waals surface area (Å²) in [6.45, 7) is 2.53. The highest BCUT2D eigenvalue weighted by molar-refractivity contribution is 7.89. The third-order valence-electron chi connectivity index (χ3n) is 5.32. The second kappa shape index (κ2) is 5.84. The zero-order valence-electron chi connectivity index (χ0n) is 13.4. The molecule has 2 aromatic rings. The van der Waals surface area contributed by atoms with Gasteiger partial charge >= 0.3 is 0 Å². The van der Waals surface area contributed by atoms with E-state index in [4.69, 9.17) is 5.73 Å². The zero-order valence-corrected chi connectivity index (χ0v) is 15.0. The maximum Gasteiger partial charge on any atom is 0.243 e. The van der Waals surface area contributed by atoms with Gasteiger partial charge in [-0.2, -0.15) is 15.6 Å². The lowest BCUT2D eigenvalue weighted by molar-refractivity contribution is 0.249. The maximum atomic E-state index is 12.7. The van der Waals surface area contributed by atoms with Crippen LogP contribution in [-0.4, -0.2) is 32.4 Å². The van der Waals surface area contributed by atoms with Gasteiger partial charge in [-0.3, -0.25) is 0 Å². The van der Waals surface area contributed by atoms with E-state index in [0.717, 1.165) is 24.9 Å². The van der Waals surface area contributed by atoms with Crippen LogP contribution in [0.15, 0.2) is 39.9 Å². The number of hydrogen-bond donors (Lipinski definition) is 2. The van der Waals surface area contributed by atoms with E-state index in [9.17, 15) is 8.42 Å².